The summed E-state index contributed by atoms with van der Waals surface area (Å²) in [6.45, 7) is 5.94. The molecule has 1 aromatic heterocycles. The number of rotatable bonds is 9. The van der Waals surface area contributed by atoms with Crippen molar-refractivity contribution in [2.24, 2.45) is 4.99 Å². The molecule has 2 N–H and O–H groups in total. The zero-order valence-electron chi connectivity index (χ0n) is 24.5. The molecule has 44 heavy (non-hydrogen) atoms. The number of allylic oxidation sites excluding steroid dienone is 1. The normalized spacial score (nSPS) is 14.2. The molecule has 4 aromatic rings. The third-order valence-corrected chi connectivity index (χ3v) is 6.86. The predicted molar refractivity (Wildman–Crippen MR) is 170 cm³/mol. The summed E-state index contributed by atoms with van der Waals surface area (Å²) in [7, 11) is 1.64. The third kappa shape index (κ3) is 7.20. The summed E-state index contributed by atoms with van der Waals surface area (Å²) in [5, 5.41) is 9.52. The molecule has 0 saturated carbocycles. The van der Waals surface area contributed by atoms with E-state index in [9.17, 15) is 9.59 Å². The number of hydrogen-bond acceptors (Lipinski definition) is 7. The highest BCUT2D eigenvalue weighted by atomic mass is 16.5. The Hall–Kier alpha value is -5.69. The molecular formula is C34H32N6O4. The van der Waals surface area contributed by atoms with Crippen molar-refractivity contribution in [3.8, 4) is 23.3 Å². The summed E-state index contributed by atoms with van der Waals surface area (Å²) in [6, 6.07) is 19.9. The first-order valence-electron chi connectivity index (χ1n) is 14.1. The average molecular weight is 589 g/mol. The Balaban J connectivity index is 1.17. The molecule has 2 amide bonds. The van der Waals surface area contributed by atoms with Gasteiger partial charge in [-0.1, -0.05) is 54.3 Å². The van der Waals surface area contributed by atoms with Gasteiger partial charge in [0.1, 0.15) is 30.0 Å². The summed E-state index contributed by atoms with van der Waals surface area (Å²) in [5.74, 6) is 7.05. The first kappa shape index (κ1) is 29.8. The average Bonchev–Trinajstić information content (AvgIpc) is 3.48. The maximum absolute atomic E-state index is 13.3. The molecule has 0 saturated heterocycles. The van der Waals surface area contributed by atoms with E-state index < -0.39 is 11.9 Å². The van der Waals surface area contributed by atoms with Crippen molar-refractivity contribution in [3.05, 3.63) is 101 Å². The zero-order valence-corrected chi connectivity index (χ0v) is 24.5. The topological polar surface area (TPSA) is 122 Å². The molecule has 0 aliphatic carbocycles. The van der Waals surface area contributed by atoms with Crippen molar-refractivity contribution in [1.82, 2.24) is 20.5 Å². The van der Waals surface area contributed by atoms with Gasteiger partial charge in [0.05, 0.1) is 18.0 Å². The number of ether oxygens (including phenoxy) is 2. The Bertz CT molecular complexity index is 1750. The van der Waals surface area contributed by atoms with Gasteiger partial charge in [0.2, 0.25) is 5.82 Å². The number of nitrogens with one attached hydrogen (secondary N) is 2. The Labute approximate surface area is 255 Å². The van der Waals surface area contributed by atoms with Gasteiger partial charge in [0.15, 0.2) is 0 Å². The van der Waals surface area contributed by atoms with Crippen LogP contribution in [0.3, 0.4) is 0 Å². The van der Waals surface area contributed by atoms with Gasteiger partial charge in [-0.15, -0.1) is 5.10 Å². The van der Waals surface area contributed by atoms with Crippen molar-refractivity contribution >= 4 is 36.0 Å². The number of nitrogens with zero attached hydrogens (tertiary/aromatic N) is 4. The van der Waals surface area contributed by atoms with Crippen molar-refractivity contribution in [2.75, 3.05) is 25.2 Å². The van der Waals surface area contributed by atoms with Gasteiger partial charge in [0, 0.05) is 37.1 Å². The van der Waals surface area contributed by atoms with Gasteiger partial charge in [-0.25, -0.2) is 4.98 Å². The molecule has 222 valence electrons. The predicted octanol–water partition coefficient (Wildman–Crippen LogP) is 4.74. The van der Waals surface area contributed by atoms with Crippen LogP contribution in [0, 0.1) is 11.8 Å². The van der Waals surface area contributed by atoms with E-state index in [2.05, 4.69) is 44.0 Å². The summed E-state index contributed by atoms with van der Waals surface area (Å²) in [5.41, 5.74) is 4.04. The van der Waals surface area contributed by atoms with Crippen LogP contribution in [0.5, 0.6) is 11.5 Å². The molecule has 10 nitrogen and oxygen atoms in total. The van der Waals surface area contributed by atoms with E-state index in [-0.39, 0.29) is 18.3 Å². The minimum atomic E-state index is -0.925. The molecule has 0 fully saturated rings. The summed E-state index contributed by atoms with van der Waals surface area (Å²) in [4.78, 5) is 36.0. The number of amides is 2. The molecule has 0 spiro atoms. The fourth-order valence-corrected chi connectivity index (χ4v) is 4.62. The first-order chi connectivity index (χ1) is 21.4. The van der Waals surface area contributed by atoms with E-state index in [1.54, 1.807) is 19.2 Å². The Morgan fingerprint density at radius 1 is 1.23 bits per heavy atom. The molecular weight excluding hydrogens is 556 g/mol. The lowest BCUT2D eigenvalue weighted by molar-refractivity contribution is -0.120. The second kappa shape index (κ2) is 14.0. The van der Waals surface area contributed by atoms with Crippen molar-refractivity contribution in [3.63, 3.8) is 0 Å². The van der Waals surface area contributed by atoms with Gasteiger partial charge in [-0.05, 0) is 49.5 Å². The monoisotopic (exact) mass is 588 g/mol. The molecule has 0 bridgehead atoms. The number of likely N-dealkylation sites (N-methyl/N-ethyl adjacent to an activating group) is 1. The highest BCUT2D eigenvalue weighted by molar-refractivity contribution is 6.02. The SMILES string of the molecule is C=Nc1cc(OCCC#Cc2ccc3c(c2)N(C)C(=O)C(NC(=O)c2n[nH]c(Cc4ccccc4)n2)CO3)ccc1/C=C\C. The van der Waals surface area contributed by atoms with E-state index in [0.29, 0.717) is 42.5 Å². The molecule has 1 atom stereocenters. The van der Waals surface area contributed by atoms with Crippen LogP contribution in [-0.2, 0) is 11.2 Å². The van der Waals surface area contributed by atoms with Crippen molar-refractivity contribution < 1.29 is 19.1 Å². The van der Waals surface area contributed by atoms with Gasteiger partial charge >= 0.3 is 0 Å². The van der Waals surface area contributed by atoms with Gasteiger partial charge in [0.25, 0.3) is 11.8 Å². The minimum Gasteiger partial charge on any atom is -0.493 e. The summed E-state index contributed by atoms with van der Waals surface area (Å²) >= 11 is 0. The maximum atomic E-state index is 13.3. The number of fused-ring (bicyclic) bond motifs is 1. The quantitative estimate of drug-likeness (QED) is 0.166. The zero-order chi connectivity index (χ0) is 30.9. The number of H-pyrrole nitrogens is 1. The lowest BCUT2D eigenvalue weighted by Crippen LogP contribution is -2.49. The van der Waals surface area contributed by atoms with Crippen LogP contribution in [0.1, 0.15) is 46.5 Å². The third-order valence-electron chi connectivity index (χ3n) is 6.86. The molecule has 1 aliphatic rings. The standard InChI is InChI=1S/C34H32N6O4/c1-4-10-25-15-16-26(21-27(25)35-2)43-18-9-8-13-24-14-17-30-29(19-24)40(3)34(42)28(22-44-30)36-33(41)32-37-31(38-39-32)20-23-11-6-5-7-12-23/h4-7,10-12,14-17,19,21,28H,2,9,18,20,22H2,1,3H3,(H,36,41)(H,37,38,39)/b10-4-. The van der Waals surface area contributed by atoms with E-state index in [4.69, 9.17) is 9.47 Å². The maximum Gasteiger partial charge on any atom is 0.291 e. The summed E-state index contributed by atoms with van der Waals surface area (Å²) in [6.07, 6.45) is 4.91. The highest BCUT2D eigenvalue weighted by Crippen LogP contribution is 2.31. The first-order valence-corrected chi connectivity index (χ1v) is 14.1. The number of carbonyl (C=O) groups excluding carboxylic acids is 2. The van der Waals surface area contributed by atoms with Crippen LogP contribution in [0.25, 0.3) is 6.08 Å². The Kier molecular flexibility index (Phi) is 9.47. The highest BCUT2D eigenvalue weighted by Gasteiger charge is 2.31. The number of benzene rings is 3. The van der Waals surface area contributed by atoms with Gasteiger partial charge < -0.3 is 19.7 Å². The van der Waals surface area contributed by atoms with Gasteiger partial charge in [-0.2, -0.15) is 0 Å². The molecule has 0 radical (unpaired) electrons. The van der Waals surface area contributed by atoms with E-state index >= 15 is 0 Å². The molecule has 2 heterocycles. The number of carbonyl (C=O) groups is 2. The number of hydrogen-bond donors (Lipinski definition) is 2. The lowest BCUT2D eigenvalue weighted by Gasteiger charge is -2.20. The van der Waals surface area contributed by atoms with Crippen LogP contribution < -0.4 is 19.7 Å². The molecule has 5 rings (SSSR count). The number of anilines is 1. The van der Waals surface area contributed by atoms with E-state index in [1.165, 1.54) is 4.90 Å². The second-order valence-corrected chi connectivity index (χ2v) is 9.96. The summed E-state index contributed by atoms with van der Waals surface area (Å²) < 4.78 is 11.7. The number of aliphatic imine (C=N–C) groups is 1. The van der Waals surface area contributed by atoms with Gasteiger partial charge in [-0.3, -0.25) is 19.7 Å². The number of aromatic nitrogens is 3. The molecule has 10 heteroatoms. The fourth-order valence-electron chi connectivity index (χ4n) is 4.62. The lowest BCUT2D eigenvalue weighted by atomic mass is 10.1. The minimum absolute atomic E-state index is 0.0373. The van der Waals surface area contributed by atoms with Crippen LogP contribution in [0.4, 0.5) is 11.4 Å². The van der Waals surface area contributed by atoms with Crippen LogP contribution in [0.15, 0.2) is 77.8 Å². The second-order valence-electron chi connectivity index (χ2n) is 9.96. The Morgan fingerprint density at radius 2 is 2.07 bits per heavy atom. The fraction of sp³-hybridized carbons (Fsp3) is 0.206. The molecule has 1 unspecified atom stereocenters. The van der Waals surface area contributed by atoms with Crippen molar-refractivity contribution in [1.29, 1.82) is 0 Å². The van der Waals surface area contributed by atoms with Crippen molar-refractivity contribution in [2.45, 2.75) is 25.8 Å². The van der Waals surface area contributed by atoms with E-state index in [0.717, 1.165) is 22.4 Å². The smallest absolute Gasteiger partial charge is 0.291 e. The largest absolute Gasteiger partial charge is 0.493 e. The van der Waals surface area contributed by atoms with Crippen LogP contribution in [0.2, 0.25) is 0 Å². The molecule has 3 aromatic carbocycles. The Morgan fingerprint density at radius 3 is 2.86 bits per heavy atom. The van der Waals surface area contributed by atoms with Crippen LogP contribution >= 0.6 is 0 Å². The number of aromatic amines is 1. The molecule has 1 aliphatic heterocycles. The van der Waals surface area contributed by atoms with Crippen LogP contribution in [-0.4, -0.2) is 60.0 Å². The van der Waals surface area contributed by atoms with E-state index in [1.807, 2.05) is 73.7 Å².